The third kappa shape index (κ3) is 1.59. The maximum atomic E-state index is 8.29. The summed E-state index contributed by atoms with van der Waals surface area (Å²) in [4.78, 5) is 0. The predicted molar refractivity (Wildman–Crippen MR) is 36.7 cm³/mol. The molecule has 0 saturated carbocycles. The summed E-state index contributed by atoms with van der Waals surface area (Å²) in [7, 11) is 0. The Morgan fingerprint density at radius 2 is 2.20 bits per heavy atom. The molecule has 56 valence electrons. The van der Waals surface area contributed by atoms with Crippen molar-refractivity contribution < 1.29 is 9.62 Å². The van der Waals surface area contributed by atoms with Crippen LogP contribution in [-0.4, -0.2) is 5.21 Å². The van der Waals surface area contributed by atoms with Crippen LogP contribution >= 0.6 is 0 Å². The van der Waals surface area contributed by atoms with E-state index < -0.39 is 0 Å². The third-order valence-corrected chi connectivity index (χ3v) is 1.32. The van der Waals surface area contributed by atoms with Gasteiger partial charge in [-0.15, -0.1) is 0 Å². The standard InChI is InChI=1S/C7H11NO2/c1-2-6-3-4-7(10-6)5-8-9/h3-4,8-9H,2,5H2,1H3. The highest BCUT2D eigenvalue weighted by Crippen LogP contribution is 2.07. The molecule has 3 heteroatoms. The summed E-state index contributed by atoms with van der Waals surface area (Å²) in [5, 5.41) is 8.29. The molecule has 0 unspecified atom stereocenters. The Kier molecular flexibility index (Phi) is 2.48. The van der Waals surface area contributed by atoms with Crippen LogP contribution in [0.25, 0.3) is 0 Å². The van der Waals surface area contributed by atoms with E-state index in [0.29, 0.717) is 6.54 Å². The average molecular weight is 141 g/mol. The van der Waals surface area contributed by atoms with Gasteiger partial charge in [0.15, 0.2) is 0 Å². The SMILES string of the molecule is CCc1ccc(CNO)o1. The van der Waals surface area contributed by atoms with E-state index >= 15 is 0 Å². The number of hydrogen-bond donors (Lipinski definition) is 2. The van der Waals surface area contributed by atoms with Gasteiger partial charge in [-0.05, 0) is 12.1 Å². The number of hydroxylamine groups is 1. The summed E-state index contributed by atoms with van der Waals surface area (Å²) in [5.74, 6) is 1.71. The van der Waals surface area contributed by atoms with Crippen LogP contribution in [0.15, 0.2) is 16.5 Å². The van der Waals surface area contributed by atoms with Gasteiger partial charge in [-0.2, -0.15) is 5.48 Å². The lowest BCUT2D eigenvalue weighted by molar-refractivity contribution is 0.153. The Morgan fingerprint density at radius 1 is 1.50 bits per heavy atom. The summed E-state index contributed by atoms with van der Waals surface area (Å²) < 4.78 is 5.25. The number of rotatable bonds is 3. The van der Waals surface area contributed by atoms with Gasteiger partial charge in [0, 0.05) is 6.42 Å². The largest absolute Gasteiger partial charge is 0.465 e. The van der Waals surface area contributed by atoms with Crippen molar-refractivity contribution >= 4 is 0 Å². The van der Waals surface area contributed by atoms with E-state index in [2.05, 4.69) is 0 Å². The molecule has 0 aliphatic carbocycles. The molecule has 0 aliphatic heterocycles. The number of aryl methyl sites for hydroxylation is 1. The first-order valence-electron chi connectivity index (χ1n) is 3.31. The molecular weight excluding hydrogens is 130 g/mol. The van der Waals surface area contributed by atoms with Crippen molar-refractivity contribution in [2.24, 2.45) is 0 Å². The maximum Gasteiger partial charge on any atom is 0.120 e. The number of furan rings is 1. The zero-order chi connectivity index (χ0) is 7.40. The van der Waals surface area contributed by atoms with E-state index in [1.807, 2.05) is 24.5 Å². The van der Waals surface area contributed by atoms with Crippen LogP contribution in [0.5, 0.6) is 0 Å². The van der Waals surface area contributed by atoms with Gasteiger partial charge in [0.25, 0.3) is 0 Å². The quantitative estimate of drug-likeness (QED) is 0.624. The molecule has 2 N–H and O–H groups in total. The first-order chi connectivity index (χ1) is 4.86. The van der Waals surface area contributed by atoms with Gasteiger partial charge < -0.3 is 9.62 Å². The van der Waals surface area contributed by atoms with E-state index in [-0.39, 0.29) is 0 Å². The third-order valence-electron chi connectivity index (χ3n) is 1.32. The fourth-order valence-corrected chi connectivity index (χ4v) is 0.785. The lowest BCUT2D eigenvalue weighted by atomic mass is 10.4. The number of nitrogens with one attached hydrogen (secondary N) is 1. The molecule has 0 aromatic carbocycles. The second kappa shape index (κ2) is 3.39. The maximum absolute atomic E-state index is 8.29. The van der Waals surface area contributed by atoms with Crippen LogP contribution in [-0.2, 0) is 13.0 Å². The Bertz CT molecular complexity index is 195. The summed E-state index contributed by atoms with van der Waals surface area (Å²) in [6.07, 6.45) is 0.894. The molecular formula is C7H11NO2. The Labute approximate surface area is 59.6 Å². The fraction of sp³-hybridized carbons (Fsp3) is 0.429. The predicted octanol–water partition coefficient (Wildman–Crippen LogP) is 1.32. The Morgan fingerprint density at radius 3 is 2.70 bits per heavy atom. The molecule has 1 heterocycles. The topological polar surface area (TPSA) is 45.4 Å². The van der Waals surface area contributed by atoms with E-state index in [1.165, 1.54) is 0 Å². The molecule has 0 aliphatic rings. The van der Waals surface area contributed by atoms with Crippen LogP contribution in [0.3, 0.4) is 0 Å². The summed E-state index contributed by atoms with van der Waals surface area (Å²) in [5.41, 5.74) is 2.03. The molecule has 0 spiro atoms. The summed E-state index contributed by atoms with van der Waals surface area (Å²) in [6.45, 7) is 2.40. The van der Waals surface area contributed by atoms with Crippen molar-refractivity contribution in [3.05, 3.63) is 23.7 Å². The van der Waals surface area contributed by atoms with Gasteiger partial charge in [0.2, 0.25) is 0 Å². The molecule has 0 amide bonds. The van der Waals surface area contributed by atoms with Gasteiger partial charge in [-0.3, -0.25) is 0 Å². The lowest BCUT2D eigenvalue weighted by Gasteiger charge is -1.91. The Hall–Kier alpha value is -0.800. The molecule has 1 aromatic heterocycles. The van der Waals surface area contributed by atoms with Gasteiger partial charge in [0.05, 0.1) is 6.54 Å². The lowest BCUT2D eigenvalue weighted by Crippen LogP contribution is -2.04. The minimum absolute atomic E-state index is 0.375. The van der Waals surface area contributed by atoms with Crippen molar-refractivity contribution in [1.82, 2.24) is 5.48 Å². The van der Waals surface area contributed by atoms with Crippen LogP contribution in [0.1, 0.15) is 18.4 Å². The first kappa shape index (κ1) is 7.31. The minimum Gasteiger partial charge on any atom is -0.465 e. The van der Waals surface area contributed by atoms with Gasteiger partial charge in [0.1, 0.15) is 11.5 Å². The second-order valence-corrected chi connectivity index (χ2v) is 2.06. The molecule has 0 atom stereocenters. The van der Waals surface area contributed by atoms with Gasteiger partial charge >= 0.3 is 0 Å². The highest BCUT2D eigenvalue weighted by atomic mass is 16.5. The molecule has 0 fully saturated rings. The highest BCUT2D eigenvalue weighted by Gasteiger charge is 1.97. The number of hydrogen-bond acceptors (Lipinski definition) is 3. The van der Waals surface area contributed by atoms with Crippen molar-refractivity contribution in [2.75, 3.05) is 0 Å². The van der Waals surface area contributed by atoms with Gasteiger partial charge in [-0.1, -0.05) is 6.92 Å². The van der Waals surface area contributed by atoms with Crippen LogP contribution in [0.2, 0.25) is 0 Å². The van der Waals surface area contributed by atoms with Crippen molar-refractivity contribution in [2.45, 2.75) is 19.9 Å². The zero-order valence-electron chi connectivity index (χ0n) is 5.92. The van der Waals surface area contributed by atoms with Crippen molar-refractivity contribution in [1.29, 1.82) is 0 Å². The molecule has 3 nitrogen and oxygen atoms in total. The minimum atomic E-state index is 0.375. The molecule has 10 heavy (non-hydrogen) atoms. The summed E-state index contributed by atoms with van der Waals surface area (Å²) >= 11 is 0. The van der Waals surface area contributed by atoms with E-state index in [9.17, 15) is 0 Å². The molecule has 0 bridgehead atoms. The fourth-order valence-electron chi connectivity index (χ4n) is 0.785. The molecule has 0 saturated heterocycles. The van der Waals surface area contributed by atoms with E-state index in [4.69, 9.17) is 9.62 Å². The molecule has 1 rings (SSSR count). The highest BCUT2D eigenvalue weighted by molar-refractivity contribution is 5.06. The molecule has 1 aromatic rings. The average Bonchev–Trinajstić information content (AvgIpc) is 2.37. The monoisotopic (exact) mass is 141 g/mol. The van der Waals surface area contributed by atoms with Crippen LogP contribution < -0.4 is 5.48 Å². The van der Waals surface area contributed by atoms with Crippen LogP contribution in [0.4, 0.5) is 0 Å². The van der Waals surface area contributed by atoms with Crippen molar-refractivity contribution in [3.63, 3.8) is 0 Å². The smallest absolute Gasteiger partial charge is 0.120 e. The first-order valence-corrected chi connectivity index (χ1v) is 3.31. The Balaban J connectivity index is 2.59. The van der Waals surface area contributed by atoms with Crippen LogP contribution in [0, 0.1) is 0 Å². The van der Waals surface area contributed by atoms with E-state index in [1.54, 1.807) is 0 Å². The molecule has 0 radical (unpaired) electrons. The normalized spacial score (nSPS) is 10.2. The van der Waals surface area contributed by atoms with Crippen molar-refractivity contribution in [3.8, 4) is 0 Å². The zero-order valence-corrected chi connectivity index (χ0v) is 5.92. The van der Waals surface area contributed by atoms with E-state index in [0.717, 1.165) is 17.9 Å². The summed E-state index contributed by atoms with van der Waals surface area (Å²) in [6, 6.07) is 3.76. The second-order valence-electron chi connectivity index (χ2n) is 2.06. The van der Waals surface area contributed by atoms with Gasteiger partial charge in [-0.25, -0.2) is 0 Å².